The number of hydrogen-bond acceptors (Lipinski definition) is 5. The summed E-state index contributed by atoms with van der Waals surface area (Å²) in [5.74, 6) is -2.66. The fourth-order valence-electron chi connectivity index (χ4n) is 3.77. The van der Waals surface area contributed by atoms with E-state index in [1.54, 1.807) is 37.3 Å². The van der Waals surface area contributed by atoms with Gasteiger partial charge in [0, 0.05) is 17.7 Å². The Kier molecular flexibility index (Phi) is 4.62. The summed E-state index contributed by atoms with van der Waals surface area (Å²) in [7, 11) is 0. The summed E-state index contributed by atoms with van der Waals surface area (Å²) in [5, 5.41) is 5.27. The fourth-order valence-corrected chi connectivity index (χ4v) is 3.77. The van der Waals surface area contributed by atoms with E-state index < -0.39 is 35.7 Å². The monoisotopic (exact) mass is 395 g/mol. The lowest BCUT2D eigenvalue weighted by molar-refractivity contribution is -0.136. The second-order valence-corrected chi connectivity index (χ2v) is 7.06. The van der Waals surface area contributed by atoms with Gasteiger partial charge in [0.25, 0.3) is 11.8 Å². The number of imide groups is 2. The Bertz CT molecular complexity index is 1050. The molecule has 2 atom stereocenters. The molecule has 2 aromatic rings. The van der Waals surface area contributed by atoms with Crippen LogP contribution < -0.4 is 10.6 Å². The van der Waals surface area contributed by atoms with Gasteiger partial charge < -0.3 is 5.32 Å². The average molecular weight is 395 g/mol. The normalized spacial score (nSPS) is 19.8. The average Bonchev–Trinajstić information content (AvgIpc) is 2.94. The summed E-state index contributed by atoms with van der Waals surface area (Å²) in [6.07, 6.45) is 0.143. The highest BCUT2D eigenvalue weighted by molar-refractivity contribution is 6.25. The summed E-state index contributed by atoms with van der Waals surface area (Å²) in [6.45, 7) is 1.75. The first kappa shape index (κ1) is 18.8. The molecular weight excluding hydrogens is 377 g/mol. The smallest absolute Gasteiger partial charge is 0.264 e. The van der Waals surface area contributed by atoms with Crippen LogP contribution in [0.15, 0.2) is 42.5 Å². The number of hydrogen-bond donors (Lipinski definition) is 2. The number of carbonyl (C=O) groups is 4. The molecule has 29 heavy (non-hydrogen) atoms. The minimum absolute atomic E-state index is 0.0548. The number of anilines is 1. The molecule has 2 aliphatic heterocycles. The van der Waals surface area contributed by atoms with Crippen molar-refractivity contribution in [3.8, 4) is 0 Å². The van der Waals surface area contributed by atoms with Gasteiger partial charge in [0.05, 0.1) is 17.2 Å². The molecule has 2 N–H and O–H groups in total. The molecule has 1 saturated heterocycles. The predicted octanol–water partition coefficient (Wildman–Crippen LogP) is 2.40. The van der Waals surface area contributed by atoms with E-state index in [9.17, 15) is 23.6 Å². The summed E-state index contributed by atoms with van der Waals surface area (Å²) in [5.41, 5.74) is 1.12. The summed E-state index contributed by atoms with van der Waals surface area (Å²) < 4.78 is 14.1. The number of benzene rings is 2. The van der Waals surface area contributed by atoms with E-state index in [2.05, 4.69) is 10.6 Å². The Morgan fingerprint density at radius 2 is 1.83 bits per heavy atom. The van der Waals surface area contributed by atoms with Crippen LogP contribution in [0.1, 0.15) is 52.1 Å². The minimum atomic E-state index is -1.03. The highest BCUT2D eigenvalue weighted by Crippen LogP contribution is 2.34. The van der Waals surface area contributed by atoms with Crippen molar-refractivity contribution < 1.29 is 23.6 Å². The van der Waals surface area contributed by atoms with Gasteiger partial charge in [-0.3, -0.25) is 29.4 Å². The molecule has 2 heterocycles. The number of amides is 4. The number of halogens is 1. The highest BCUT2D eigenvalue weighted by Gasteiger charge is 2.45. The van der Waals surface area contributed by atoms with E-state index in [-0.39, 0.29) is 29.8 Å². The standard InChI is InChI=1S/C21H18FN3O4/c1-11(12-5-2-3-7-14(12)22)23-15-8-4-6-13-18(15)21(29)25(20(13)28)16-9-10-17(26)24-19(16)27/h2-8,11,16,23H,9-10H2,1H3,(H,24,26,27)/t11-,16?/m0/s1. The molecule has 0 saturated carbocycles. The second kappa shape index (κ2) is 7.12. The number of carbonyl (C=O) groups excluding carboxylic acids is 4. The fraction of sp³-hybridized carbons (Fsp3) is 0.238. The molecular formula is C21H18FN3O4. The molecule has 0 aromatic heterocycles. The maximum Gasteiger partial charge on any atom is 0.264 e. The molecule has 0 aliphatic carbocycles. The zero-order chi connectivity index (χ0) is 20.7. The summed E-state index contributed by atoms with van der Waals surface area (Å²) in [4.78, 5) is 50.4. The highest BCUT2D eigenvalue weighted by atomic mass is 19.1. The molecule has 1 unspecified atom stereocenters. The molecule has 4 rings (SSSR count). The van der Waals surface area contributed by atoms with Crippen molar-refractivity contribution in [1.29, 1.82) is 0 Å². The van der Waals surface area contributed by atoms with Crippen molar-refractivity contribution in [2.45, 2.75) is 31.8 Å². The van der Waals surface area contributed by atoms with Gasteiger partial charge in [-0.15, -0.1) is 0 Å². The maximum atomic E-state index is 14.1. The Hall–Kier alpha value is -3.55. The van der Waals surface area contributed by atoms with Gasteiger partial charge in [-0.25, -0.2) is 4.39 Å². The van der Waals surface area contributed by atoms with Crippen LogP contribution in [0.5, 0.6) is 0 Å². The van der Waals surface area contributed by atoms with Crippen LogP contribution in [0.3, 0.4) is 0 Å². The lowest BCUT2D eigenvalue weighted by Gasteiger charge is -2.28. The van der Waals surface area contributed by atoms with Crippen LogP contribution in [0.4, 0.5) is 10.1 Å². The van der Waals surface area contributed by atoms with Crippen molar-refractivity contribution >= 4 is 29.3 Å². The Balaban J connectivity index is 1.65. The van der Waals surface area contributed by atoms with E-state index in [4.69, 9.17) is 0 Å². The van der Waals surface area contributed by atoms with Gasteiger partial charge in [-0.05, 0) is 31.5 Å². The zero-order valence-electron chi connectivity index (χ0n) is 15.6. The lowest BCUT2D eigenvalue weighted by atomic mass is 10.0. The van der Waals surface area contributed by atoms with Crippen LogP contribution in [-0.2, 0) is 9.59 Å². The molecule has 2 aliphatic rings. The number of rotatable bonds is 4. The molecule has 0 spiro atoms. The van der Waals surface area contributed by atoms with Crippen LogP contribution in [-0.4, -0.2) is 34.6 Å². The van der Waals surface area contributed by atoms with Crippen LogP contribution in [0, 0.1) is 5.82 Å². The van der Waals surface area contributed by atoms with Gasteiger partial charge >= 0.3 is 0 Å². The topological polar surface area (TPSA) is 95.6 Å². The summed E-state index contributed by atoms with van der Waals surface area (Å²) >= 11 is 0. The SMILES string of the molecule is C[C@H](Nc1cccc2c1C(=O)N(C1CCC(=O)NC1=O)C2=O)c1ccccc1F. The molecule has 0 radical (unpaired) electrons. The first-order valence-electron chi connectivity index (χ1n) is 9.24. The van der Waals surface area contributed by atoms with E-state index in [0.717, 1.165) is 4.90 Å². The van der Waals surface area contributed by atoms with Gasteiger partial charge in [0.2, 0.25) is 11.8 Å². The molecule has 4 amide bonds. The molecule has 0 bridgehead atoms. The van der Waals surface area contributed by atoms with Gasteiger partial charge in [-0.1, -0.05) is 24.3 Å². The van der Waals surface area contributed by atoms with Gasteiger partial charge in [0.1, 0.15) is 11.9 Å². The van der Waals surface area contributed by atoms with Crippen LogP contribution in [0.25, 0.3) is 0 Å². The van der Waals surface area contributed by atoms with Crippen molar-refractivity contribution in [3.05, 3.63) is 65.0 Å². The Morgan fingerprint density at radius 3 is 2.55 bits per heavy atom. The van der Waals surface area contributed by atoms with Gasteiger partial charge in [-0.2, -0.15) is 0 Å². The van der Waals surface area contributed by atoms with Gasteiger partial charge in [0.15, 0.2) is 0 Å². The third-order valence-corrected chi connectivity index (χ3v) is 5.21. The largest absolute Gasteiger partial charge is 0.378 e. The number of piperidine rings is 1. The van der Waals surface area contributed by atoms with Crippen molar-refractivity contribution in [2.24, 2.45) is 0 Å². The van der Waals surface area contributed by atoms with E-state index in [0.29, 0.717) is 11.3 Å². The molecule has 8 heteroatoms. The van der Waals surface area contributed by atoms with E-state index in [1.807, 2.05) is 0 Å². The first-order valence-corrected chi connectivity index (χ1v) is 9.24. The molecule has 7 nitrogen and oxygen atoms in total. The molecule has 1 fully saturated rings. The minimum Gasteiger partial charge on any atom is -0.378 e. The quantitative estimate of drug-likeness (QED) is 0.775. The summed E-state index contributed by atoms with van der Waals surface area (Å²) in [6, 6.07) is 9.56. The second-order valence-electron chi connectivity index (χ2n) is 7.06. The maximum absolute atomic E-state index is 14.1. The number of nitrogens with zero attached hydrogens (tertiary/aromatic N) is 1. The first-order chi connectivity index (χ1) is 13.9. The predicted molar refractivity (Wildman–Crippen MR) is 102 cm³/mol. The lowest BCUT2D eigenvalue weighted by Crippen LogP contribution is -2.54. The number of fused-ring (bicyclic) bond motifs is 1. The van der Waals surface area contributed by atoms with Crippen molar-refractivity contribution in [1.82, 2.24) is 10.2 Å². The number of nitrogens with one attached hydrogen (secondary N) is 2. The Morgan fingerprint density at radius 1 is 1.07 bits per heavy atom. The Labute approximate surface area is 165 Å². The van der Waals surface area contributed by atoms with Crippen molar-refractivity contribution in [3.63, 3.8) is 0 Å². The molecule has 2 aromatic carbocycles. The van der Waals surface area contributed by atoms with E-state index in [1.165, 1.54) is 12.1 Å². The zero-order valence-corrected chi connectivity index (χ0v) is 15.6. The van der Waals surface area contributed by atoms with E-state index >= 15 is 0 Å². The van der Waals surface area contributed by atoms with Crippen LogP contribution >= 0.6 is 0 Å². The third-order valence-electron chi connectivity index (χ3n) is 5.21. The molecule has 148 valence electrons. The van der Waals surface area contributed by atoms with Crippen molar-refractivity contribution in [2.75, 3.05) is 5.32 Å². The van der Waals surface area contributed by atoms with Crippen LogP contribution in [0.2, 0.25) is 0 Å². The third kappa shape index (κ3) is 3.16.